The summed E-state index contributed by atoms with van der Waals surface area (Å²) >= 11 is 0. The standard InChI is InChI=1S/C13H23NO6/c1-11(10-12(15)16)13(17)20-9-6-14(4-7-18-2)5-8-19-3/h10H,4-9H2,1-3H3,(H,15,16)/b11-10+. The van der Waals surface area contributed by atoms with E-state index in [0.717, 1.165) is 6.08 Å². The molecule has 0 atom stereocenters. The van der Waals surface area contributed by atoms with Crippen molar-refractivity contribution in [2.24, 2.45) is 0 Å². The first-order valence-corrected chi connectivity index (χ1v) is 6.29. The van der Waals surface area contributed by atoms with Crippen LogP contribution in [0, 0.1) is 0 Å². The fourth-order valence-electron chi connectivity index (χ4n) is 1.40. The molecule has 0 aliphatic heterocycles. The van der Waals surface area contributed by atoms with E-state index >= 15 is 0 Å². The van der Waals surface area contributed by atoms with Crippen LogP contribution in [0.4, 0.5) is 0 Å². The number of rotatable bonds is 11. The molecule has 0 saturated heterocycles. The van der Waals surface area contributed by atoms with Crippen molar-refractivity contribution in [3.8, 4) is 0 Å². The van der Waals surface area contributed by atoms with Crippen LogP contribution >= 0.6 is 0 Å². The molecule has 0 unspecified atom stereocenters. The summed E-state index contributed by atoms with van der Waals surface area (Å²) in [6.07, 6.45) is 0.829. The number of aliphatic carboxylic acids is 1. The minimum Gasteiger partial charge on any atom is -0.478 e. The van der Waals surface area contributed by atoms with Gasteiger partial charge in [0.25, 0.3) is 0 Å². The van der Waals surface area contributed by atoms with E-state index in [4.69, 9.17) is 19.3 Å². The number of methoxy groups -OCH3 is 2. The fraction of sp³-hybridized carbons (Fsp3) is 0.692. The third-order valence-electron chi connectivity index (χ3n) is 2.53. The zero-order valence-corrected chi connectivity index (χ0v) is 12.3. The maximum atomic E-state index is 11.5. The second-order valence-electron chi connectivity index (χ2n) is 4.13. The van der Waals surface area contributed by atoms with Gasteiger partial charge in [0, 0.05) is 45.5 Å². The number of carboxylic acids is 1. The number of hydrogen-bond donors (Lipinski definition) is 1. The first-order valence-electron chi connectivity index (χ1n) is 6.29. The molecule has 0 amide bonds. The molecule has 0 fully saturated rings. The fourth-order valence-corrected chi connectivity index (χ4v) is 1.40. The molecule has 1 N–H and O–H groups in total. The molecule has 7 heteroatoms. The van der Waals surface area contributed by atoms with Gasteiger partial charge in [-0.2, -0.15) is 0 Å². The van der Waals surface area contributed by atoms with E-state index in [0.29, 0.717) is 32.8 Å². The predicted molar refractivity (Wildman–Crippen MR) is 72.5 cm³/mol. The summed E-state index contributed by atoms with van der Waals surface area (Å²) in [4.78, 5) is 23.9. The van der Waals surface area contributed by atoms with Gasteiger partial charge in [-0.3, -0.25) is 4.90 Å². The summed E-state index contributed by atoms with van der Waals surface area (Å²) in [5.41, 5.74) is 0.0674. The Labute approximate surface area is 119 Å². The van der Waals surface area contributed by atoms with Gasteiger partial charge in [-0.1, -0.05) is 0 Å². The second-order valence-corrected chi connectivity index (χ2v) is 4.13. The highest BCUT2D eigenvalue weighted by Crippen LogP contribution is 1.97. The average molecular weight is 289 g/mol. The topological polar surface area (TPSA) is 85.3 Å². The van der Waals surface area contributed by atoms with Crippen LogP contribution in [-0.2, 0) is 23.8 Å². The van der Waals surface area contributed by atoms with Gasteiger partial charge in [-0.15, -0.1) is 0 Å². The minimum atomic E-state index is -1.17. The molecule has 0 spiro atoms. The van der Waals surface area contributed by atoms with Gasteiger partial charge in [0.05, 0.1) is 13.2 Å². The van der Waals surface area contributed by atoms with Gasteiger partial charge in [0.1, 0.15) is 6.61 Å². The van der Waals surface area contributed by atoms with Gasteiger partial charge in [0.15, 0.2) is 0 Å². The van der Waals surface area contributed by atoms with Gasteiger partial charge in [0.2, 0.25) is 0 Å². The lowest BCUT2D eigenvalue weighted by Gasteiger charge is -2.21. The van der Waals surface area contributed by atoms with E-state index in [2.05, 4.69) is 0 Å². The molecule has 0 saturated carbocycles. The molecule has 0 radical (unpaired) electrons. The monoisotopic (exact) mass is 289 g/mol. The third-order valence-corrected chi connectivity index (χ3v) is 2.53. The SMILES string of the molecule is COCCN(CCOC)CCOC(=O)/C(C)=C/C(=O)O. The van der Waals surface area contributed by atoms with Crippen molar-refractivity contribution in [2.45, 2.75) is 6.92 Å². The van der Waals surface area contributed by atoms with Crippen LogP contribution in [0.5, 0.6) is 0 Å². The van der Waals surface area contributed by atoms with Crippen molar-refractivity contribution in [3.05, 3.63) is 11.6 Å². The summed E-state index contributed by atoms with van der Waals surface area (Å²) in [5.74, 6) is -1.79. The molecule has 0 rings (SSSR count). The highest BCUT2D eigenvalue weighted by molar-refractivity contribution is 5.95. The number of esters is 1. The largest absolute Gasteiger partial charge is 0.478 e. The summed E-state index contributed by atoms with van der Waals surface area (Å²) in [7, 11) is 3.24. The maximum absolute atomic E-state index is 11.5. The second kappa shape index (κ2) is 11.4. The zero-order valence-electron chi connectivity index (χ0n) is 12.3. The van der Waals surface area contributed by atoms with Crippen molar-refractivity contribution in [1.82, 2.24) is 4.90 Å². The molecule has 7 nitrogen and oxygen atoms in total. The zero-order chi connectivity index (χ0) is 15.4. The Bertz CT molecular complexity index is 321. The van der Waals surface area contributed by atoms with Crippen molar-refractivity contribution in [2.75, 3.05) is 53.7 Å². The molecule has 0 aromatic rings. The van der Waals surface area contributed by atoms with Gasteiger partial charge in [-0.25, -0.2) is 9.59 Å². The molecule has 20 heavy (non-hydrogen) atoms. The van der Waals surface area contributed by atoms with Gasteiger partial charge >= 0.3 is 11.9 Å². The lowest BCUT2D eigenvalue weighted by Crippen LogP contribution is -2.34. The Balaban J connectivity index is 4.08. The quantitative estimate of drug-likeness (QED) is 0.428. The van der Waals surface area contributed by atoms with Crippen molar-refractivity contribution >= 4 is 11.9 Å². The summed E-state index contributed by atoms with van der Waals surface area (Å²) in [6, 6.07) is 0. The number of carbonyl (C=O) groups excluding carboxylic acids is 1. The van der Waals surface area contributed by atoms with Crippen LogP contribution < -0.4 is 0 Å². The number of nitrogens with zero attached hydrogens (tertiary/aromatic N) is 1. The minimum absolute atomic E-state index is 0.0674. The Hall–Kier alpha value is -1.44. The first-order chi connectivity index (χ1) is 9.51. The number of carboxylic acid groups (broad SMARTS) is 1. The van der Waals surface area contributed by atoms with Crippen molar-refractivity contribution < 1.29 is 28.9 Å². The molecular weight excluding hydrogens is 266 g/mol. The van der Waals surface area contributed by atoms with Crippen LogP contribution in [0.25, 0.3) is 0 Å². The smallest absolute Gasteiger partial charge is 0.334 e. The lowest BCUT2D eigenvalue weighted by atomic mass is 10.3. The first kappa shape index (κ1) is 18.6. The Morgan fingerprint density at radius 2 is 1.55 bits per heavy atom. The van der Waals surface area contributed by atoms with Gasteiger partial charge < -0.3 is 19.3 Å². The molecule has 0 heterocycles. The summed E-state index contributed by atoms with van der Waals surface area (Å²) in [5, 5.41) is 8.52. The molecule has 0 aromatic carbocycles. The van der Waals surface area contributed by atoms with Crippen LogP contribution in [0.3, 0.4) is 0 Å². The Morgan fingerprint density at radius 3 is 2.00 bits per heavy atom. The number of carbonyl (C=O) groups is 2. The third kappa shape index (κ3) is 9.48. The molecule has 0 aliphatic carbocycles. The van der Waals surface area contributed by atoms with Crippen LogP contribution in [0.15, 0.2) is 11.6 Å². The van der Waals surface area contributed by atoms with E-state index in [1.807, 2.05) is 4.90 Å². The van der Waals surface area contributed by atoms with E-state index < -0.39 is 11.9 Å². The van der Waals surface area contributed by atoms with Crippen molar-refractivity contribution in [3.63, 3.8) is 0 Å². The molecule has 116 valence electrons. The highest BCUT2D eigenvalue weighted by Gasteiger charge is 2.09. The van der Waals surface area contributed by atoms with Crippen LogP contribution in [0.2, 0.25) is 0 Å². The maximum Gasteiger partial charge on any atom is 0.334 e. The van der Waals surface area contributed by atoms with Gasteiger partial charge in [-0.05, 0) is 6.92 Å². The van der Waals surface area contributed by atoms with E-state index in [1.165, 1.54) is 6.92 Å². The predicted octanol–water partition coefficient (Wildman–Crippen LogP) is 0.155. The molecular formula is C13H23NO6. The highest BCUT2D eigenvalue weighted by atomic mass is 16.5. The van der Waals surface area contributed by atoms with Crippen LogP contribution in [0.1, 0.15) is 6.92 Å². The lowest BCUT2D eigenvalue weighted by molar-refractivity contribution is -0.140. The summed E-state index contributed by atoms with van der Waals surface area (Å²) < 4.78 is 15.0. The average Bonchev–Trinajstić information content (AvgIpc) is 2.40. The molecule has 0 bridgehead atoms. The molecule has 0 aliphatic rings. The van der Waals surface area contributed by atoms with Crippen molar-refractivity contribution in [1.29, 1.82) is 0 Å². The summed E-state index contributed by atoms with van der Waals surface area (Å²) in [6.45, 7) is 4.72. The van der Waals surface area contributed by atoms with Crippen LogP contribution in [-0.4, -0.2) is 75.6 Å². The Morgan fingerprint density at radius 1 is 1.05 bits per heavy atom. The Kier molecular flexibility index (Phi) is 10.6. The molecule has 0 aromatic heterocycles. The number of ether oxygens (including phenoxy) is 3. The number of hydrogen-bond acceptors (Lipinski definition) is 6. The van der Waals surface area contributed by atoms with E-state index in [9.17, 15) is 9.59 Å². The normalized spacial score (nSPS) is 11.7. The van der Waals surface area contributed by atoms with E-state index in [-0.39, 0.29) is 12.2 Å². The van der Waals surface area contributed by atoms with E-state index in [1.54, 1.807) is 14.2 Å².